The van der Waals surface area contributed by atoms with Gasteiger partial charge in [0, 0.05) is 0 Å². The van der Waals surface area contributed by atoms with Gasteiger partial charge in [-0.25, -0.2) is 9.67 Å². The molecule has 1 amide bonds. The van der Waals surface area contributed by atoms with E-state index in [2.05, 4.69) is 15.4 Å². The summed E-state index contributed by atoms with van der Waals surface area (Å²) in [5, 5.41) is 16.0. The van der Waals surface area contributed by atoms with Crippen LogP contribution in [0.1, 0.15) is 5.56 Å². The van der Waals surface area contributed by atoms with Gasteiger partial charge in [-0.1, -0.05) is 6.07 Å². The first-order valence-corrected chi connectivity index (χ1v) is 5.07. The molecule has 0 bridgehead atoms. The molecular formula is C11H12N4O2. The van der Waals surface area contributed by atoms with Gasteiger partial charge >= 0.3 is 0 Å². The van der Waals surface area contributed by atoms with Crippen LogP contribution in [0.5, 0.6) is 5.75 Å². The Morgan fingerprint density at radius 1 is 1.53 bits per heavy atom. The number of phenolic OH excluding ortho intramolecular Hbond substituents is 1. The topological polar surface area (TPSA) is 80.0 Å². The highest BCUT2D eigenvalue weighted by Crippen LogP contribution is 2.23. The Balaban J connectivity index is 2.03. The average molecular weight is 232 g/mol. The minimum absolute atomic E-state index is 0.0527. The van der Waals surface area contributed by atoms with E-state index in [9.17, 15) is 9.90 Å². The molecule has 0 spiro atoms. The van der Waals surface area contributed by atoms with Gasteiger partial charge in [0.2, 0.25) is 5.91 Å². The Kier molecular flexibility index (Phi) is 3.04. The molecule has 2 N–H and O–H groups in total. The largest absolute Gasteiger partial charge is 0.506 e. The molecule has 0 aliphatic heterocycles. The van der Waals surface area contributed by atoms with E-state index in [-0.39, 0.29) is 18.2 Å². The summed E-state index contributed by atoms with van der Waals surface area (Å²) in [7, 11) is 0. The summed E-state index contributed by atoms with van der Waals surface area (Å²) in [6.07, 6.45) is 2.81. The Morgan fingerprint density at radius 3 is 3.00 bits per heavy atom. The van der Waals surface area contributed by atoms with Crippen LogP contribution in [0.15, 0.2) is 30.9 Å². The summed E-state index contributed by atoms with van der Waals surface area (Å²) in [4.78, 5) is 15.3. The predicted molar refractivity (Wildman–Crippen MR) is 61.5 cm³/mol. The third kappa shape index (κ3) is 2.81. The molecule has 1 aromatic carbocycles. The van der Waals surface area contributed by atoms with Crippen LogP contribution in [0.2, 0.25) is 0 Å². The number of rotatable bonds is 3. The maximum Gasteiger partial charge on any atom is 0.246 e. The molecule has 0 atom stereocenters. The number of hydrogen-bond donors (Lipinski definition) is 2. The third-order valence-corrected chi connectivity index (χ3v) is 2.20. The van der Waals surface area contributed by atoms with Crippen LogP contribution in [0.3, 0.4) is 0 Å². The first kappa shape index (κ1) is 11.1. The predicted octanol–water partition coefficient (Wildman–Crippen LogP) is 0.931. The monoisotopic (exact) mass is 232 g/mol. The molecule has 6 heteroatoms. The zero-order chi connectivity index (χ0) is 12.3. The Bertz CT molecular complexity index is 522. The van der Waals surface area contributed by atoms with Crippen LogP contribution < -0.4 is 5.32 Å². The molecule has 0 aliphatic rings. The van der Waals surface area contributed by atoms with Gasteiger partial charge in [0.15, 0.2) is 0 Å². The summed E-state index contributed by atoms with van der Waals surface area (Å²) in [6, 6.07) is 5.06. The van der Waals surface area contributed by atoms with E-state index in [1.807, 2.05) is 13.0 Å². The first-order chi connectivity index (χ1) is 8.15. The fraction of sp³-hybridized carbons (Fsp3) is 0.182. The fourth-order valence-corrected chi connectivity index (χ4v) is 1.40. The highest BCUT2D eigenvalue weighted by atomic mass is 16.3. The minimum atomic E-state index is -0.269. The molecule has 0 radical (unpaired) electrons. The van der Waals surface area contributed by atoms with Gasteiger partial charge in [0.05, 0.1) is 5.69 Å². The molecule has 0 fully saturated rings. The highest BCUT2D eigenvalue weighted by molar-refractivity contribution is 5.91. The van der Waals surface area contributed by atoms with Crippen LogP contribution in [-0.4, -0.2) is 25.8 Å². The Hall–Kier alpha value is -2.37. The molecule has 2 aromatic rings. The standard InChI is InChI=1S/C11H12N4O2/c1-8-2-3-9(10(16)4-8)14-11(17)5-15-7-12-6-13-15/h2-4,6-7,16H,5H2,1H3,(H,14,17). The van der Waals surface area contributed by atoms with E-state index >= 15 is 0 Å². The number of carbonyl (C=O) groups excluding carboxylic acids is 1. The second kappa shape index (κ2) is 4.65. The van der Waals surface area contributed by atoms with Crippen molar-refractivity contribution in [3.05, 3.63) is 36.4 Å². The van der Waals surface area contributed by atoms with Crippen molar-refractivity contribution in [3.8, 4) is 5.75 Å². The number of aromatic hydroxyl groups is 1. The molecular weight excluding hydrogens is 220 g/mol. The van der Waals surface area contributed by atoms with E-state index in [4.69, 9.17) is 0 Å². The lowest BCUT2D eigenvalue weighted by atomic mass is 10.2. The molecule has 17 heavy (non-hydrogen) atoms. The van der Waals surface area contributed by atoms with Crippen LogP contribution in [-0.2, 0) is 11.3 Å². The molecule has 0 saturated carbocycles. The van der Waals surface area contributed by atoms with Crippen LogP contribution in [0.4, 0.5) is 5.69 Å². The number of aryl methyl sites for hydroxylation is 1. The van der Waals surface area contributed by atoms with Crippen LogP contribution >= 0.6 is 0 Å². The van der Waals surface area contributed by atoms with Gasteiger partial charge in [0.25, 0.3) is 0 Å². The van der Waals surface area contributed by atoms with Gasteiger partial charge in [-0.15, -0.1) is 0 Å². The van der Waals surface area contributed by atoms with Crippen LogP contribution in [0, 0.1) is 6.92 Å². The minimum Gasteiger partial charge on any atom is -0.506 e. The van der Waals surface area contributed by atoms with Crippen molar-refractivity contribution in [1.82, 2.24) is 14.8 Å². The molecule has 0 unspecified atom stereocenters. The van der Waals surface area contributed by atoms with E-state index in [0.29, 0.717) is 5.69 Å². The van der Waals surface area contributed by atoms with Crippen molar-refractivity contribution < 1.29 is 9.90 Å². The second-order valence-electron chi connectivity index (χ2n) is 3.66. The van der Waals surface area contributed by atoms with Crippen molar-refractivity contribution in [2.24, 2.45) is 0 Å². The molecule has 88 valence electrons. The first-order valence-electron chi connectivity index (χ1n) is 5.07. The molecule has 2 rings (SSSR count). The SMILES string of the molecule is Cc1ccc(NC(=O)Cn2cncn2)c(O)c1. The second-order valence-corrected chi connectivity index (χ2v) is 3.66. The highest BCUT2D eigenvalue weighted by Gasteiger charge is 2.07. The van der Waals surface area contributed by atoms with E-state index in [1.54, 1.807) is 12.1 Å². The lowest BCUT2D eigenvalue weighted by molar-refractivity contribution is -0.116. The summed E-state index contributed by atoms with van der Waals surface area (Å²) in [5.41, 5.74) is 1.32. The van der Waals surface area contributed by atoms with E-state index in [1.165, 1.54) is 17.3 Å². The van der Waals surface area contributed by atoms with Gasteiger partial charge < -0.3 is 10.4 Å². The lowest BCUT2D eigenvalue weighted by Crippen LogP contribution is -2.19. The summed E-state index contributed by atoms with van der Waals surface area (Å²) in [6.45, 7) is 1.92. The quantitative estimate of drug-likeness (QED) is 0.771. The number of amides is 1. The van der Waals surface area contributed by atoms with Gasteiger partial charge in [0.1, 0.15) is 24.9 Å². The molecule has 0 saturated heterocycles. The number of carbonyl (C=O) groups is 1. The summed E-state index contributed by atoms with van der Waals surface area (Å²) in [5.74, 6) is -0.216. The van der Waals surface area contributed by atoms with Gasteiger partial charge in [-0.05, 0) is 24.6 Å². The molecule has 1 aromatic heterocycles. The normalized spacial score (nSPS) is 10.2. The fourth-order valence-electron chi connectivity index (χ4n) is 1.40. The molecule has 6 nitrogen and oxygen atoms in total. The number of benzene rings is 1. The Labute approximate surface area is 97.9 Å². The maximum atomic E-state index is 11.6. The number of anilines is 1. The van der Waals surface area contributed by atoms with Crippen LogP contribution in [0.25, 0.3) is 0 Å². The van der Waals surface area contributed by atoms with Gasteiger partial charge in [-0.3, -0.25) is 4.79 Å². The molecule has 0 aliphatic carbocycles. The maximum absolute atomic E-state index is 11.6. The van der Waals surface area contributed by atoms with Crippen molar-refractivity contribution in [3.63, 3.8) is 0 Å². The summed E-state index contributed by atoms with van der Waals surface area (Å²) < 4.78 is 1.40. The Morgan fingerprint density at radius 2 is 2.35 bits per heavy atom. The summed E-state index contributed by atoms with van der Waals surface area (Å²) >= 11 is 0. The van der Waals surface area contributed by atoms with Crippen molar-refractivity contribution in [2.75, 3.05) is 5.32 Å². The molecule has 1 heterocycles. The van der Waals surface area contributed by atoms with Gasteiger partial charge in [-0.2, -0.15) is 5.10 Å². The lowest BCUT2D eigenvalue weighted by Gasteiger charge is -2.07. The van der Waals surface area contributed by atoms with Crippen molar-refractivity contribution >= 4 is 11.6 Å². The number of hydrogen-bond acceptors (Lipinski definition) is 4. The van der Waals surface area contributed by atoms with E-state index in [0.717, 1.165) is 5.56 Å². The number of nitrogens with zero attached hydrogens (tertiary/aromatic N) is 3. The third-order valence-electron chi connectivity index (χ3n) is 2.20. The zero-order valence-corrected chi connectivity index (χ0v) is 9.29. The smallest absolute Gasteiger partial charge is 0.246 e. The number of nitrogens with one attached hydrogen (secondary N) is 1. The van der Waals surface area contributed by atoms with E-state index < -0.39 is 0 Å². The zero-order valence-electron chi connectivity index (χ0n) is 9.29. The average Bonchev–Trinajstić information content (AvgIpc) is 2.75. The van der Waals surface area contributed by atoms with Crippen molar-refractivity contribution in [1.29, 1.82) is 0 Å². The van der Waals surface area contributed by atoms with Crippen molar-refractivity contribution in [2.45, 2.75) is 13.5 Å². The number of aromatic nitrogens is 3. The number of phenols is 1.